The predicted octanol–water partition coefficient (Wildman–Crippen LogP) is 3.94. The largest absolute Gasteiger partial charge is 0.309 e. The van der Waals surface area contributed by atoms with Crippen molar-refractivity contribution in [2.24, 2.45) is 0 Å². The highest BCUT2D eigenvalue weighted by Crippen LogP contribution is 2.50. The molecule has 1 N–H and O–H groups in total. The van der Waals surface area contributed by atoms with Crippen molar-refractivity contribution < 1.29 is 4.57 Å². The molecule has 0 fully saturated rings. The third kappa shape index (κ3) is 5.41. The van der Waals surface area contributed by atoms with Gasteiger partial charge in [-0.2, -0.15) is 0 Å². The third-order valence-corrected chi connectivity index (χ3v) is 4.26. The first-order valence-electron chi connectivity index (χ1n) is 4.68. The second-order valence-electron chi connectivity index (χ2n) is 3.10. The first-order chi connectivity index (χ1) is 7.14. The number of hydrogen-bond donors (Lipinski definition) is 1. The molecule has 0 amide bonds. The molecule has 0 saturated heterocycles. The molecule has 1 rings (SSSR count). The Kier molecular flexibility index (Phi) is 5.44. The van der Waals surface area contributed by atoms with Gasteiger partial charge in [0.15, 0.2) is 0 Å². The molecule has 15 heavy (non-hydrogen) atoms. The van der Waals surface area contributed by atoms with Gasteiger partial charge < -0.3 is 5.09 Å². The summed E-state index contributed by atoms with van der Waals surface area (Å²) in [6.45, 7) is -2.84. The molecule has 0 spiro atoms. The summed E-state index contributed by atoms with van der Waals surface area (Å²) < 4.78 is 11.8. The summed E-state index contributed by atoms with van der Waals surface area (Å²) >= 11 is 11.4. The lowest BCUT2D eigenvalue weighted by Crippen LogP contribution is -1.98. The Morgan fingerprint density at radius 1 is 1.40 bits per heavy atom. The van der Waals surface area contributed by atoms with Crippen LogP contribution in [0.1, 0.15) is 12.8 Å². The van der Waals surface area contributed by atoms with Gasteiger partial charge in [-0.3, -0.25) is 4.57 Å². The van der Waals surface area contributed by atoms with Crippen LogP contribution in [0.4, 0.5) is 5.82 Å². The van der Waals surface area contributed by atoms with Gasteiger partial charge in [-0.05, 0) is 36.2 Å². The molecular weight excluding hydrogens is 254 g/mol. The van der Waals surface area contributed by atoms with E-state index < -0.39 is 6.65 Å². The molecule has 0 aliphatic heterocycles. The molecule has 0 aromatic carbocycles. The summed E-state index contributed by atoms with van der Waals surface area (Å²) in [5.41, 5.74) is 0. The fourth-order valence-corrected chi connectivity index (χ4v) is 3.09. The molecular formula is C9H13Cl2N2OP. The number of halogens is 2. The summed E-state index contributed by atoms with van der Waals surface area (Å²) in [5, 5.41) is 2.74. The molecule has 1 heterocycles. The number of hydrogen-bond acceptors (Lipinski definition) is 2. The van der Waals surface area contributed by atoms with E-state index in [1.807, 2.05) is 6.07 Å². The van der Waals surface area contributed by atoms with Crippen molar-refractivity contribution in [3.63, 3.8) is 0 Å². The van der Waals surface area contributed by atoms with E-state index in [9.17, 15) is 4.57 Å². The van der Waals surface area contributed by atoms with Crippen molar-refractivity contribution >= 4 is 35.3 Å². The van der Waals surface area contributed by atoms with Crippen LogP contribution < -0.4 is 5.09 Å². The van der Waals surface area contributed by atoms with Gasteiger partial charge in [0, 0.05) is 18.2 Å². The number of nitrogens with one attached hydrogen (secondary N) is 1. The van der Waals surface area contributed by atoms with Crippen molar-refractivity contribution in [3.8, 4) is 0 Å². The number of aromatic nitrogens is 1. The fraction of sp³-hybridized carbons (Fsp3) is 0.444. The van der Waals surface area contributed by atoms with Crippen LogP contribution in [-0.4, -0.2) is 17.0 Å². The minimum Gasteiger partial charge on any atom is -0.309 e. The second-order valence-corrected chi connectivity index (χ2v) is 7.09. The van der Waals surface area contributed by atoms with Gasteiger partial charge in [0.05, 0.1) is 0 Å². The Hall–Kier alpha value is -0.240. The maximum Gasteiger partial charge on any atom is 0.256 e. The molecule has 0 saturated carbocycles. The quantitative estimate of drug-likeness (QED) is 0.482. The zero-order chi connectivity index (χ0) is 11.1. The first-order valence-corrected chi connectivity index (χ1v) is 8.01. The van der Waals surface area contributed by atoms with E-state index in [-0.39, 0.29) is 0 Å². The van der Waals surface area contributed by atoms with Crippen molar-refractivity contribution in [3.05, 3.63) is 24.4 Å². The summed E-state index contributed by atoms with van der Waals surface area (Å²) in [7, 11) is 0. The minimum absolute atomic E-state index is 0.428. The zero-order valence-corrected chi connectivity index (χ0v) is 10.6. The Labute approximate surface area is 99.4 Å². The Morgan fingerprint density at radius 2 is 2.20 bits per heavy atom. The molecule has 0 aliphatic carbocycles. The third-order valence-electron chi connectivity index (χ3n) is 1.78. The van der Waals surface area contributed by atoms with Gasteiger partial charge in [0.25, 0.3) is 6.65 Å². The SMILES string of the molecule is O=P(Cl)(CCCCCl)Nc1ccccn1. The standard InChI is InChI=1S/C9H13Cl2N2OP/c10-6-2-4-8-15(11,14)13-9-5-1-3-7-12-9/h1,3,5,7H,2,4,6,8H2,(H,12,13,14). The van der Waals surface area contributed by atoms with Crippen LogP contribution in [0.2, 0.25) is 0 Å². The molecule has 0 aliphatic rings. The van der Waals surface area contributed by atoms with Crippen LogP contribution in [0.15, 0.2) is 24.4 Å². The van der Waals surface area contributed by atoms with Crippen molar-refractivity contribution in [1.29, 1.82) is 0 Å². The van der Waals surface area contributed by atoms with Crippen LogP contribution in [0.25, 0.3) is 0 Å². The maximum atomic E-state index is 11.8. The Bertz CT molecular complexity index is 334. The van der Waals surface area contributed by atoms with E-state index in [1.54, 1.807) is 18.3 Å². The number of anilines is 1. The van der Waals surface area contributed by atoms with E-state index >= 15 is 0 Å². The molecule has 0 bridgehead atoms. The Balaban J connectivity index is 2.46. The zero-order valence-electron chi connectivity index (χ0n) is 8.20. The van der Waals surface area contributed by atoms with Crippen LogP contribution >= 0.6 is 29.5 Å². The fourth-order valence-electron chi connectivity index (χ4n) is 1.07. The lowest BCUT2D eigenvalue weighted by molar-refractivity contribution is 0.585. The average molecular weight is 267 g/mol. The lowest BCUT2D eigenvalue weighted by atomic mass is 10.4. The maximum absolute atomic E-state index is 11.8. The van der Waals surface area contributed by atoms with E-state index in [0.29, 0.717) is 17.9 Å². The van der Waals surface area contributed by atoms with Gasteiger partial charge in [-0.25, -0.2) is 4.98 Å². The molecule has 1 aromatic rings. The highest BCUT2D eigenvalue weighted by molar-refractivity contribution is 7.90. The summed E-state index contributed by atoms with van der Waals surface area (Å²) in [6.07, 6.45) is 3.63. The van der Waals surface area contributed by atoms with Gasteiger partial charge in [-0.1, -0.05) is 6.07 Å². The van der Waals surface area contributed by atoms with Crippen LogP contribution in [0.3, 0.4) is 0 Å². The van der Waals surface area contributed by atoms with Gasteiger partial charge >= 0.3 is 0 Å². The van der Waals surface area contributed by atoms with E-state index in [2.05, 4.69) is 10.1 Å². The number of unbranched alkanes of at least 4 members (excludes halogenated alkanes) is 1. The van der Waals surface area contributed by atoms with Crippen LogP contribution in [-0.2, 0) is 4.57 Å². The minimum atomic E-state index is -2.84. The van der Waals surface area contributed by atoms with E-state index in [0.717, 1.165) is 12.8 Å². The van der Waals surface area contributed by atoms with Gasteiger partial charge in [-0.15, -0.1) is 11.6 Å². The van der Waals surface area contributed by atoms with Crippen molar-refractivity contribution in [2.45, 2.75) is 12.8 Å². The lowest BCUT2D eigenvalue weighted by Gasteiger charge is -2.12. The average Bonchev–Trinajstić information content (AvgIpc) is 2.18. The number of pyridine rings is 1. The molecule has 84 valence electrons. The van der Waals surface area contributed by atoms with Crippen molar-refractivity contribution in [2.75, 3.05) is 17.1 Å². The summed E-state index contributed by atoms with van der Waals surface area (Å²) in [6, 6.07) is 5.33. The topological polar surface area (TPSA) is 42.0 Å². The highest BCUT2D eigenvalue weighted by Gasteiger charge is 2.17. The summed E-state index contributed by atoms with van der Waals surface area (Å²) in [4.78, 5) is 4.00. The monoisotopic (exact) mass is 266 g/mol. The molecule has 1 unspecified atom stereocenters. The molecule has 0 radical (unpaired) electrons. The smallest absolute Gasteiger partial charge is 0.256 e. The predicted molar refractivity (Wildman–Crippen MR) is 66.1 cm³/mol. The van der Waals surface area contributed by atoms with Gasteiger partial charge in [0.1, 0.15) is 5.82 Å². The molecule has 3 nitrogen and oxygen atoms in total. The van der Waals surface area contributed by atoms with Crippen LogP contribution in [0.5, 0.6) is 0 Å². The molecule has 1 atom stereocenters. The Morgan fingerprint density at radius 3 is 2.80 bits per heavy atom. The van der Waals surface area contributed by atoms with E-state index in [1.165, 1.54) is 0 Å². The second kappa shape index (κ2) is 6.37. The number of nitrogens with zero attached hydrogens (tertiary/aromatic N) is 1. The van der Waals surface area contributed by atoms with Crippen LogP contribution in [0, 0.1) is 0 Å². The van der Waals surface area contributed by atoms with Gasteiger partial charge in [0.2, 0.25) is 0 Å². The van der Waals surface area contributed by atoms with Crippen molar-refractivity contribution in [1.82, 2.24) is 4.98 Å². The number of rotatable bonds is 6. The highest BCUT2D eigenvalue weighted by atomic mass is 35.7. The number of alkyl halides is 1. The molecule has 1 aromatic heterocycles. The van der Waals surface area contributed by atoms with E-state index in [4.69, 9.17) is 22.8 Å². The normalized spacial score (nSPS) is 14.5. The summed E-state index contributed by atoms with van der Waals surface area (Å²) in [5.74, 6) is 1.11. The first kappa shape index (κ1) is 12.8. The molecule has 6 heteroatoms.